The number of halogens is 3. The first-order valence-corrected chi connectivity index (χ1v) is 15.5. The Morgan fingerprint density at radius 1 is 0.878 bits per heavy atom. The van der Waals surface area contributed by atoms with Crippen LogP contribution in [0.25, 0.3) is 11.4 Å². The highest BCUT2D eigenvalue weighted by atomic mass is 79.9. The molecule has 218 valence electrons. The van der Waals surface area contributed by atoms with E-state index in [1.54, 1.807) is 53.7 Å². The van der Waals surface area contributed by atoms with Gasteiger partial charge in [0.1, 0.15) is 0 Å². The maximum atomic E-state index is 16.0. The molecule has 4 aromatic rings. The molecule has 0 spiro atoms. The van der Waals surface area contributed by atoms with Gasteiger partial charge in [-0.3, -0.25) is 13.6 Å². The van der Waals surface area contributed by atoms with E-state index in [-0.39, 0.29) is 10.4 Å². The largest absolute Gasteiger partial charge is 0.405 e. The Hall–Kier alpha value is -2.71. The van der Waals surface area contributed by atoms with Crippen molar-refractivity contribution < 1.29 is 26.9 Å². The summed E-state index contributed by atoms with van der Waals surface area (Å²) in [5.74, 6) is 0.535. The predicted octanol–water partition coefficient (Wildman–Crippen LogP) is 9.75. The Balaban J connectivity index is 1.69. The van der Waals surface area contributed by atoms with Crippen molar-refractivity contribution in [3.63, 3.8) is 0 Å². The third kappa shape index (κ3) is 7.58. The van der Waals surface area contributed by atoms with Crippen LogP contribution < -0.4 is 0 Å². The van der Waals surface area contributed by atoms with Crippen LogP contribution in [0, 0.1) is 0 Å². The van der Waals surface area contributed by atoms with Gasteiger partial charge in [-0.05, 0) is 65.2 Å². The number of aromatic nitrogens is 2. The highest BCUT2D eigenvalue weighted by Crippen LogP contribution is 2.70. The van der Waals surface area contributed by atoms with Crippen molar-refractivity contribution in [2.45, 2.75) is 70.7 Å². The molecule has 10 heteroatoms. The maximum Gasteiger partial charge on any atom is 0.405 e. The molecular formula is C31H34BrF2N2O4P. The molecule has 0 aliphatic rings. The molecule has 0 saturated carbocycles. The van der Waals surface area contributed by atoms with E-state index >= 15 is 8.78 Å². The summed E-state index contributed by atoms with van der Waals surface area (Å²) in [6.07, 6.45) is 0.388. The van der Waals surface area contributed by atoms with Gasteiger partial charge in [0.25, 0.3) is 0 Å². The number of hydrogen-bond donors (Lipinski definition) is 0. The smallest absolute Gasteiger partial charge is 0.338 e. The zero-order valence-electron chi connectivity index (χ0n) is 23.9. The van der Waals surface area contributed by atoms with E-state index < -0.39 is 30.0 Å². The Kier molecular flexibility index (Phi) is 9.05. The van der Waals surface area contributed by atoms with Gasteiger partial charge in [-0.15, -0.1) is 0 Å². The SMILES string of the molecule is CC(C)(C)OP(=O)(OC(C)(C)C)C(F)(F)c1ccc(CC(c2ccccc2)c2nc(-c3ccccc3)no2)cc1Br. The normalized spacial score (nSPS) is 13.8. The molecule has 0 N–H and O–H groups in total. The highest BCUT2D eigenvalue weighted by Gasteiger charge is 2.59. The number of rotatable bonds is 9. The summed E-state index contributed by atoms with van der Waals surface area (Å²) in [6.45, 7) is 9.36. The topological polar surface area (TPSA) is 74.5 Å². The van der Waals surface area contributed by atoms with Crippen molar-refractivity contribution in [1.29, 1.82) is 0 Å². The highest BCUT2D eigenvalue weighted by molar-refractivity contribution is 9.10. The van der Waals surface area contributed by atoms with Gasteiger partial charge < -0.3 is 4.52 Å². The summed E-state index contributed by atoms with van der Waals surface area (Å²) < 4.78 is 62.5. The zero-order chi connectivity index (χ0) is 30.1. The van der Waals surface area contributed by atoms with Crippen LogP contribution in [0.1, 0.15) is 70.0 Å². The zero-order valence-corrected chi connectivity index (χ0v) is 26.4. The van der Waals surface area contributed by atoms with E-state index in [9.17, 15) is 4.57 Å². The van der Waals surface area contributed by atoms with Crippen LogP contribution in [0.3, 0.4) is 0 Å². The van der Waals surface area contributed by atoms with Crippen LogP contribution >= 0.6 is 23.5 Å². The lowest BCUT2D eigenvalue weighted by Gasteiger charge is -2.36. The van der Waals surface area contributed by atoms with Gasteiger partial charge in [0.15, 0.2) is 0 Å². The first-order chi connectivity index (χ1) is 19.1. The molecular weight excluding hydrogens is 613 g/mol. The van der Waals surface area contributed by atoms with Crippen LogP contribution in [0.15, 0.2) is 87.9 Å². The molecule has 1 aromatic heterocycles. The second-order valence-corrected chi connectivity index (χ2v) is 14.5. The van der Waals surface area contributed by atoms with Crippen molar-refractivity contribution in [2.24, 2.45) is 0 Å². The van der Waals surface area contributed by atoms with Crippen LogP contribution in [0.2, 0.25) is 0 Å². The van der Waals surface area contributed by atoms with Crippen molar-refractivity contribution in [3.8, 4) is 11.4 Å². The maximum absolute atomic E-state index is 16.0. The summed E-state index contributed by atoms with van der Waals surface area (Å²) in [4.78, 5) is 4.65. The Morgan fingerprint density at radius 2 is 1.44 bits per heavy atom. The lowest BCUT2D eigenvalue weighted by Crippen LogP contribution is -2.30. The molecule has 0 aliphatic carbocycles. The van der Waals surface area contributed by atoms with Crippen LogP contribution in [-0.2, 0) is 25.7 Å². The lowest BCUT2D eigenvalue weighted by atomic mass is 9.91. The molecule has 1 heterocycles. The van der Waals surface area contributed by atoms with Gasteiger partial charge in [0, 0.05) is 15.6 Å². The van der Waals surface area contributed by atoms with E-state index in [1.807, 2.05) is 60.7 Å². The summed E-state index contributed by atoms with van der Waals surface area (Å²) in [7, 11) is -4.98. The van der Waals surface area contributed by atoms with E-state index in [2.05, 4.69) is 26.1 Å². The summed E-state index contributed by atoms with van der Waals surface area (Å²) in [5, 5.41) is 4.17. The van der Waals surface area contributed by atoms with Crippen LogP contribution in [0.4, 0.5) is 8.78 Å². The second-order valence-electron chi connectivity index (χ2n) is 11.7. The van der Waals surface area contributed by atoms with Crippen molar-refractivity contribution >= 4 is 23.5 Å². The van der Waals surface area contributed by atoms with Crippen LogP contribution in [0.5, 0.6) is 0 Å². The first-order valence-electron chi connectivity index (χ1n) is 13.2. The Morgan fingerprint density at radius 3 is 1.98 bits per heavy atom. The standard InChI is InChI=1S/C31H34BrF2N2O4P/c1-29(2,3)39-41(37,40-30(4,5)6)31(33,34)25-18-17-21(20-26(25)32)19-24(22-13-9-7-10-14-22)28-35-27(36-38-28)23-15-11-8-12-16-23/h7-18,20,24H,19H2,1-6H3. The Labute approximate surface area is 248 Å². The van der Waals surface area contributed by atoms with Gasteiger partial charge >= 0.3 is 13.3 Å². The lowest BCUT2D eigenvalue weighted by molar-refractivity contribution is -0.0216. The molecule has 3 aromatic carbocycles. The van der Waals surface area contributed by atoms with E-state index in [0.717, 1.165) is 16.7 Å². The molecule has 6 nitrogen and oxygen atoms in total. The third-order valence-corrected chi connectivity index (χ3v) is 9.06. The number of benzene rings is 3. The number of hydrogen-bond acceptors (Lipinski definition) is 6. The number of nitrogens with zero attached hydrogens (tertiary/aromatic N) is 2. The average molecular weight is 647 g/mol. The molecule has 1 atom stereocenters. The monoisotopic (exact) mass is 646 g/mol. The van der Waals surface area contributed by atoms with Gasteiger partial charge in [0.2, 0.25) is 11.7 Å². The van der Waals surface area contributed by atoms with Gasteiger partial charge in [-0.1, -0.05) is 93.9 Å². The summed E-state index contributed by atoms with van der Waals surface area (Å²) >= 11 is 3.31. The summed E-state index contributed by atoms with van der Waals surface area (Å²) in [5.41, 5.74) is -4.21. The van der Waals surface area contributed by atoms with Crippen LogP contribution in [-0.4, -0.2) is 21.3 Å². The van der Waals surface area contributed by atoms with E-state index in [0.29, 0.717) is 18.1 Å². The molecule has 0 saturated heterocycles. The molecule has 0 bridgehead atoms. The van der Waals surface area contributed by atoms with E-state index in [1.165, 1.54) is 6.07 Å². The Bertz CT molecular complexity index is 1500. The molecule has 1 unspecified atom stereocenters. The minimum Gasteiger partial charge on any atom is -0.338 e. The minimum atomic E-state index is -4.98. The fourth-order valence-corrected chi connectivity index (χ4v) is 7.31. The molecule has 0 radical (unpaired) electrons. The summed E-state index contributed by atoms with van der Waals surface area (Å²) in [6, 6.07) is 23.6. The second kappa shape index (κ2) is 11.9. The first kappa shape index (κ1) is 31.2. The quantitative estimate of drug-likeness (QED) is 0.169. The van der Waals surface area contributed by atoms with Crippen molar-refractivity contribution in [3.05, 3.63) is 106 Å². The molecule has 4 rings (SSSR count). The third-order valence-electron chi connectivity index (χ3n) is 5.90. The molecule has 41 heavy (non-hydrogen) atoms. The van der Waals surface area contributed by atoms with Gasteiger partial charge in [-0.2, -0.15) is 13.8 Å². The fraction of sp³-hybridized carbons (Fsp3) is 0.355. The molecule has 0 amide bonds. The van der Waals surface area contributed by atoms with Crippen molar-refractivity contribution in [2.75, 3.05) is 0 Å². The molecule has 0 aliphatic heterocycles. The van der Waals surface area contributed by atoms with Gasteiger partial charge in [0.05, 0.1) is 17.1 Å². The van der Waals surface area contributed by atoms with Crippen molar-refractivity contribution in [1.82, 2.24) is 10.1 Å². The predicted molar refractivity (Wildman–Crippen MR) is 159 cm³/mol. The number of alkyl halides is 2. The van der Waals surface area contributed by atoms with E-state index in [4.69, 9.17) is 13.6 Å². The molecule has 0 fully saturated rings. The minimum absolute atomic E-state index is 0.0811. The average Bonchev–Trinajstić information content (AvgIpc) is 3.36. The van der Waals surface area contributed by atoms with Gasteiger partial charge in [-0.25, -0.2) is 0 Å². The fourth-order valence-electron chi connectivity index (χ4n) is 4.28.